The van der Waals surface area contributed by atoms with Crippen LogP contribution in [0.2, 0.25) is 0 Å². The minimum absolute atomic E-state index is 0.143. The van der Waals surface area contributed by atoms with Crippen LogP contribution in [0.4, 0.5) is 0 Å². The lowest BCUT2D eigenvalue weighted by atomic mass is 9.89. The van der Waals surface area contributed by atoms with Crippen molar-refractivity contribution in [2.45, 2.75) is 51.6 Å². The fourth-order valence-electron chi connectivity index (χ4n) is 4.74. The number of fused-ring (bicyclic) bond motifs is 1. The van der Waals surface area contributed by atoms with E-state index in [1.165, 1.54) is 32.1 Å². The molecular weight excluding hydrogens is 338 g/mol. The molecule has 1 saturated heterocycles. The van der Waals surface area contributed by atoms with Gasteiger partial charge in [0.15, 0.2) is 0 Å². The van der Waals surface area contributed by atoms with Gasteiger partial charge in [0, 0.05) is 43.8 Å². The number of aromatic nitrogens is 1. The largest absolute Gasteiger partial charge is 0.495 e. The molecule has 2 fully saturated rings. The number of para-hydroxylation sites is 1. The van der Waals surface area contributed by atoms with Crippen LogP contribution >= 0.6 is 0 Å². The summed E-state index contributed by atoms with van der Waals surface area (Å²) in [7, 11) is 1.71. The molecule has 0 bridgehead atoms. The maximum absolute atomic E-state index is 13.3. The molecule has 1 atom stereocenters. The SMILES string of the molecule is COc1cccc2c(C(=O)N3CCNC(C)C3)cn(CC3CCCCC3)c12. The Kier molecular flexibility index (Phi) is 5.39. The lowest BCUT2D eigenvalue weighted by molar-refractivity contribution is 0.0710. The Morgan fingerprint density at radius 1 is 1.26 bits per heavy atom. The lowest BCUT2D eigenvalue weighted by Gasteiger charge is -2.31. The van der Waals surface area contributed by atoms with Gasteiger partial charge in [-0.25, -0.2) is 0 Å². The van der Waals surface area contributed by atoms with Crippen molar-refractivity contribution in [3.8, 4) is 5.75 Å². The molecule has 5 nitrogen and oxygen atoms in total. The van der Waals surface area contributed by atoms with Crippen molar-refractivity contribution < 1.29 is 9.53 Å². The summed E-state index contributed by atoms with van der Waals surface area (Å²) in [5.74, 6) is 1.70. The highest BCUT2D eigenvalue weighted by Gasteiger charge is 2.26. The van der Waals surface area contributed by atoms with Crippen LogP contribution in [0.5, 0.6) is 5.75 Å². The summed E-state index contributed by atoms with van der Waals surface area (Å²) >= 11 is 0. The Balaban J connectivity index is 1.71. The number of piperazine rings is 1. The minimum Gasteiger partial charge on any atom is -0.495 e. The van der Waals surface area contributed by atoms with Gasteiger partial charge in [0.05, 0.1) is 18.2 Å². The summed E-state index contributed by atoms with van der Waals surface area (Å²) in [6.45, 7) is 5.49. The van der Waals surface area contributed by atoms with E-state index in [1.54, 1.807) is 7.11 Å². The second-order valence-electron chi connectivity index (χ2n) is 8.16. The highest BCUT2D eigenvalue weighted by Crippen LogP contribution is 2.33. The number of ether oxygens (including phenoxy) is 1. The third-order valence-electron chi connectivity index (χ3n) is 6.15. The van der Waals surface area contributed by atoms with Crippen LogP contribution in [0.25, 0.3) is 10.9 Å². The monoisotopic (exact) mass is 369 g/mol. The first-order valence-electron chi connectivity index (χ1n) is 10.4. The first-order chi connectivity index (χ1) is 13.2. The van der Waals surface area contributed by atoms with E-state index in [0.717, 1.165) is 48.4 Å². The van der Waals surface area contributed by atoms with Crippen molar-refractivity contribution in [3.63, 3.8) is 0 Å². The van der Waals surface area contributed by atoms with Crippen LogP contribution in [0.3, 0.4) is 0 Å². The quantitative estimate of drug-likeness (QED) is 0.895. The van der Waals surface area contributed by atoms with E-state index in [2.05, 4.69) is 29.1 Å². The number of nitrogens with zero attached hydrogens (tertiary/aromatic N) is 2. The molecule has 4 rings (SSSR count). The zero-order chi connectivity index (χ0) is 18.8. The number of methoxy groups -OCH3 is 1. The Hall–Kier alpha value is -2.01. The number of benzene rings is 1. The van der Waals surface area contributed by atoms with Gasteiger partial charge in [-0.1, -0.05) is 31.4 Å². The Bertz CT molecular complexity index is 807. The molecule has 1 unspecified atom stereocenters. The zero-order valence-corrected chi connectivity index (χ0v) is 16.5. The van der Waals surface area contributed by atoms with Crippen LogP contribution in [-0.4, -0.2) is 48.2 Å². The zero-order valence-electron chi connectivity index (χ0n) is 16.5. The van der Waals surface area contributed by atoms with Gasteiger partial charge in [-0.3, -0.25) is 4.79 Å². The van der Waals surface area contributed by atoms with Crippen molar-refractivity contribution in [2.24, 2.45) is 5.92 Å². The fraction of sp³-hybridized carbons (Fsp3) is 0.591. The molecule has 0 spiro atoms. The first-order valence-corrected chi connectivity index (χ1v) is 10.4. The molecule has 27 heavy (non-hydrogen) atoms. The Morgan fingerprint density at radius 2 is 2.07 bits per heavy atom. The van der Waals surface area contributed by atoms with Crippen LogP contribution < -0.4 is 10.1 Å². The first kappa shape index (κ1) is 18.4. The molecular formula is C22H31N3O2. The number of hydrogen-bond acceptors (Lipinski definition) is 3. The third kappa shape index (κ3) is 3.70. The van der Waals surface area contributed by atoms with Gasteiger partial charge in [0.25, 0.3) is 5.91 Å². The summed E-state index contributed by atoms with van der Waals surface area (Å²) in [5, 5.41) is 4.43. The molecule has 5 heteroatoms. The van der Waals surface area contributed by atoms with Crippen LogP contribution in [0.1, 0.15) is 49.4 Å². The molecule has 2 aliphatic rings. The standard InChI is InChI=1S/C22H31N3O2/c1-16-13-24(12-11-23-16)22(26)19-15-25(14-17-7-4-3-5-8-17)21-18(19)9-6-10-20(21)27-2/h6,9-10,15-17,23H,3-5,7-8,11-14H2,1-2H3. The summed E-state index contributed by atoms with van der Waals surface area (Å²) < 4.78 is 7.94. The summed E-state index contributed by atoms with van der Waals surface area (Å²) in [4.78, 5) is 15.3. The number of hydrogen-bond donors (Lipinski definition) is 1. The molecule has 1 aliphatic carbocycles. The molecule has 1 aliphatic heterocycles. The van der Waals surface area contributed by atoms with Crippen molar-refractivity contribution in [1.29, 1.82) is 0 Å². The molecule has 1 aromatic carbocycles. The van der Waals surface area contributed by atoms with E-state index in [4.69, 9.17) is 4.74 Å². The Morgan fingerprint density at radius 3 is 2.81 bits per heavy atom. The van der Waals surface area contributed by atoms with E-state index in [9.17, 15) is 4.79 Å². The molecule has 1 saturated carbocycles. The molecule has 2 aromatic rings. The van der Waals surface area contributed by atoms with Crippen LogP contribution in [0.15, 0.2) is 24.4 Å². The van der Waals surface area contributed by atoms with Gasteiger partial charge in [-0.05, 0) is 31.7 Å². The van der Waals surface area contributed by atoms with E-state index in [1.807, 2.05) is 17.0 Å². The van der Waals surface area contributed by atoms with E-state index in [-0.39, 0.29) is 5.91 Å². The van der Waals surface area contributed by atoms with Crippen LogP contribution in [-0.2, 0) is 6.54 Å². The van der Waals surface area contributed by atoms with Crippen molar-refractivity contribution in [2.75, 3.05) is 26.7 Å². The summed E-state index contributed by atoms with van der Waals surface area (Å²) in [6, 6.07) is 6.39. The molecule has 0 radical (unpaired) electrons. The highest BCUT2D eigenvalue weighted by molar-refractivity contribution is 6.08. The van der Waals surface area contributed by atoms with E-state index >= 15 is 0 Å². The Labute approximate surface area is 161 Å². The maximum atomic E-state index is 13.3. The lowest BCUT2D eigenvalue weighted by Crippen LogP contribution is -2.51. The second-order valence-corrected chi connectivity index (χ2v) is 8.16. The van der Waals surface area contributed by atoms with Gasteiger partial charge >= 0.3 is 0 Å². The smallest absolute Gasteiger partial charge is 0.256 e. The fourth-order valence-corrected chi connectivity index (χ4v) is 4.74. The van der Waals surface area contributed by atoms with Gasteiger partial charge in [0.2, 0.25) is 0 Å². The second kappa shape index (κ2) is 7.93. The van der Waals surface area contributed by atoms with Crippen molar-refractivity contribution >= 4 is 16.8 Å². The number of nitrogens with one attached hydrogen (secondary N) is 1. The molecule has 1 aromatic heterocycles. The number of amides is 1. The average Bonchev–Trinajstić information content (AvgIpc) is 3.07. The number of carbonyl (C=O) groups excluding carboxylic acids is 1. The number of rotatable bonds is 4. The molecule has 2 heterocycles. The predicted octanol–water partition coefficient (Wildman–Crippen LogP) is 3.66. The van der Waals surface area contributed by atoms with E-state index < -0.39 is 0 Å². The minimum atomic E-state index is 0.143. The van der Waals surface area contributed by atoms with Gasteiger partial charge in [-0.15, -0.1) is 0 Å². The van der Waals surface area contributed by atoms with E-state index in [0.29, 0.717) is 12.0 Å². The molecule has 146 valence electrons. The highest BCUT2D eigenvalue weighted by atomic mass is 16.5. The summed E-state index contributed by atoms with van der Waals surface area (Å²) in [6.07, 6.45) is 8.66. The van der Waals surface area contributed by atoms with Gasteiger partial charge in [0.1, 0.15) is 5.75 Å². The van der Waals surface area contributed by atoms with Crippen molar-refractivity contribution in [1.82, 2.24) is 14.8 Å². The molecule has 1 N–H and O–H groups in total. The topological polar surface area (TPSA) is 46.5 Å². The number of carbonyl (C=O) groups is 1. The average molecular weight is 370 g/mol. The van der Waals surface area contributed by atoms with Gasteiger partial charge in [-0.2, -0.15) is 0 Å². The predicted molar refractivity (Wildman–Crippen MR) is 108 cm³/mol. The summed E-state index contributed by atoms with van der Waals surface area (Å²) in [5.41, 5.74) is 1.88. The normalized spacial score (nSPS) is 21.6. The third-order valence-corrected chi connectivity index (χ3v) is 6.15. The van der Waals surface area contributed by atoms with Gasteiger partial charge < -0.3 is 19.5 Å². The molecule has 1 amide bonds. The van der Waals surface area contributed by atoms with Crippen LogP contribution in [0, 0.1) is 5.92 Å². The maximum Gasteiger partial charge on any atom is 0.256 e. The van der Waals surface area contributed by atoms with Crippen molar-refractivity contribution in [3.05, 3.63) is 30.0 Å².